The first kappa shape index (κ1) is 35.9. The van der Waals surface area contributed by atoms with E-state index >= 15 is 4.11 Å². The summed E-state index contributed by atoms with van der Waals surface area (Å²) >= 11 is 0. The van der Waals surface area contributed by atoms with Gasteiger partial charge in [0.25, 0.3) is 11.5 Å². The Morgan fingerprint density at radius 2 is 1.90 bits per heavy atom. The highest BCUT2D eigenvalue weighted by Gasteiger charge is 2.67. The van der Waals surface area contributed by atoms with Crippen LogP contribution in [0, 0.1) is 5.92 Å². The van der Waals surface area contributed by atoms with Crippen LogP contribution in [0.2, 0.25) is 18.6 Å². The highest BCUT2D eigenvalue weighted by atomic mass is 28.4. The van der Waals surface area contributed by atoms with Gasteiger partial charge in [0.2, 0.25) is 14.3 Å². The fourth-order valence-electron chi connectivity index (χ4n) is 8.40. The van der Waals surface area contributed by atoms with Gasteiger partial charge in [-0.25, -0.2) is 0 Å². The summed E-state index contributed by atoms with van der Waals surface area (Å²) in [6.45, 7) is 12.0. The summed E-state index contributed by atoms with van der Waals surface area (Å²) in [4.78, 5) is 45.6. The van der Waals surface area contributed by atoms with Gasteiger partial charge in [-0.15, -0.1) is 0 Å². The molecule has 3 aliphatic heterocycles. The summed E-state index contributed by atoms with van der Waals surface area (Å²) in [5.41, 5.74) is 1.53. The molecule has 266 valence electrons. The molecule has 4 heterocycles. The van der Waals surface area contributed by atoms with Crippen LogP contribution in [0.25, 0.3) is 16.5 Å². The number of aromatic nitrogens is 2. The first-order chi connectivity index (χ1) is 23.8. The lowest BCUT2D eigenvalue weighted by atomic mass is 9.82. The molecule has 9 nitrogen and oxygen atoms in total. The van der Waals surface area contributed by atoms with Crippen LogP contribution in [-0.2, 0) is 19.9 Å². The zero-order valence-electron chi connectivity index (χ0n) is 30.0. The van der Waals surface area contributed by atoms with Crippen LogP contribution in [0.15, 0.2) is 76.8 Å². The van der Waals surface area contributed by atoms with Gasteiger partial charge >= 0.3 is 0 Å². The number of nitrogens with zero attached hydrogens (tertiary/aromatic N) is 4. The Kier molecular flexibility index (Phi) is 10.0. The normalized spacial score (nSPS) is 25.2. The number of rotatable bonds is 10. The van der Waals surface area contributed by atoms with Crippen molar-refractivity contribution in [3.8, 4) is 5.69 Å². The van der Waals surface area contributed by atoms with Crippen LogP contribution in [0.4, 0.5) is 9.80 Å². The monoisotopic (exact) mass is 700 g/mol. The van der Waals surface area contributed by atoms with Crippen molar-refractivity contribution in [3.05, 3.63) is 87.9 Å². The average molecular weight is 701 g/mol. The molecule has 1 spiro atoms. The molecule has 3 aromatic rings. The number of allylic oxidation sites excluding steroid dienone is 3. The lowest BCUT2D eigenvalue weighted by molar-refractivity contribution is -0.149. The smallest absolute Gasteiger partial charge is 0.279 e. The number of hydrogen-bond acceptors (Lipinski definition) is 6. The van der Waals surface area contributed by atoms with E-state index in [-0.39, 0.29) is 36.4 Å². The molecule has 0 unspecified atom stereocenters. The van der Waals surface area contributed by atoms with Crippen molar-refractivity contribution >= 4 is 36.7 Å². The largest absolute Gasteiger partial charge is 0.394 e. The number of likely N-dealkylation sites (tertiary alicyclic amines) is 1. The fraction of sp³-hybridized carbons (Fsp3) is 0.487. The Morgan fingerprint density at radius 3 is 2.62 bits per heavy atom. The molecule has 50 heavy (non-hydrogen) atoms. The Morgan fingerprint density at radius 1 is 1.14 bits per heavy atom. The van der Waals surface area contributed by atoms with Crippen LogP contribution in [0.3, 0.4) is 0 Å². The molecule has 2 amide bonds. The van der Waals surface area contributed by atoms with Gasteiger partial charge in [0, 0.05) is 35.5 Å². The number of hydrogen-bond donors (Lipinski definition) is 1. The van der Waals surface area contributed by atoms with E-state index in [4.69, 9.17) is 4.74 Å². The van der Waals surface area contributed by atoms with Crippen molar-refractivity contribution in [1.82, 2.24) is 14.7 Å². The van der Waals surface area contributed by atoms with Crippen LogP contribution in [0.1, 0.15) is 65.4 Å². The highest BCUT2D eigenvalue weighted by Crippen LogP contribution is 2.60. The van der Waals surface area contributed by atoms with E-state index in [0.717, 1.165) is 30.2 Å². The first-order valence-corrected chi connectivity index (χ1v) is 20.7. The molecule has 1 aromatic heterocycles. The van der Waals surface area contributed by atoms with Gasteiger partial charge < -0.3 is 23.8 Å². The Balaban J connectivity index is 1.44. The molecule has 2 aromatic carbocycles. The van der Waals surface area contributed by atoms with E-state index in [0.29, 0.717) is 41.8 Å². The van der Waals surface area contributed by atoms with E-state index < -0.39 is 31.6 Å². The van der Waals surface area contributed by atoms with Crippen LogP contribution in [-0.4, -0.2) is 71.9 Å². The zero-order chi connectivity index (χ0) is 36.0. The van der Waals surface area contributed by atoms with E-state index in [2.05, 4.69) is 38.0 Å². The molecule has 5 atom stereocenters. The lowest BCUT2D eigenvalue weighted by Gasteiger charge is -2.31. The van der Waals surface area contributed by atoms with Gasteiger partial charge in [-0.2, -0.15) is 9.78 Å². The molecule has 0 radical (unpaired) electrons. The molecule has 0 saturated carbocycles. The Hall–Kier alpha value is -3.93. The number of anilines is 1. The van der Waals surface area contributed by atoms with Gasteiger partial charge in [-0.05, 0) is 83.8 Å². The summed E-state index contributed by atoms with van der Waals surface area (Å²) in [6.07, 6.45) is 8.23. The summed E-state index contributed by atoms with van der Waals surface area (Å²) in [5.74, 6) is -1.09. The van der Waals surface area contributed by atoms with E-state index in [1.54, 1.807) is 53.4 Å². The number of ether oxygens (including phenoxy) is 1. The summed E-state index contributed by atoms with van der Waals surface area (Å²) < 4.78 is 24.7. The van der Waals surface area contributed by atoms with Crippen molar-refractivity contribution in [2.24, 2.45) is 5.92 Å². The molecule has 2 saturated heterocycles. The third kappa shape index (κ3) is 6.39. The fourth-order valence-corrected chi connectivity index (χ4v) is 10.9. The van der Waals surface area contributed by atoms with Crippen LogP contribution in [0.5, 0.6) is 0 Å². The minimum absolute atomic E-state index is 0.0784. The second kappa shape index (κ2) is 14.0. The van der Waals surface area contributed by atoms with Crippen LogP contribution >= 0.6 is 0 Å². The van der Waals surface area contributed by atoms with Crippen molar-refractivity contribution in [2.45, 2.75) is 96.2 Å². The molecule has 1 N–H and O–H groups in total. The number of amides is 2. The average Bonchev–Trinajstić information content (AvgIpc) is 3.73. The highest BCUT2D eigenvalue weighted by molar-refractivity contribution is 6.72. The maximum absolute atomic E-state index is 16.5. The van der Waals surface area contributed by atoms with Crippen LogP contribution < -0.4 is 10.5 Å². The third-order valence-electron chi connectivity index (χ3n) is 10.9. The second-order valence-electron chi connectivity index (χ2n) is 15.0. The Labute approximate surface area is 294 Å². The van der Waals surface area contributed by atoms with Gasteiger partial charge in [-0.1, -0.05) is 48.4 Å². The number of carbonyl (C=O) groups is 2. The van der Waals surface area contributed by atoms with Gasteiger partial charge in [0.1, 0.15) is 0 Å². The summed E-state index contributed by atoms with van der Waals surface area (Å²) in [6, 6.07) is 12.4. The molecular formula is C39H49FN4O5Si. The molecule has 0 bridgehead atoms. The SMILES string of the molecule is CC(C)=CCC/C(C)=C/CN1C(=O)[C@@]2(O[C@@H](CC(=O)N3CCC[C@H]3CO)[C@H]([Si](C)(C)F)[C@H]2C)c2cc(-n3ncc4ccccc4c3=O)ccc21. The van der Waals surface area contributed by atoms with E-state index in [1.165, 1.54) is 10.3 Å². The molecule has 0 aliphatic carbocycles. The van der Waals surface area contributed by atoms with Crippen molar-refractivity contribution in [3.63, 3.8) is 0 Å². The lowest BCUT2D eigenvalue weighted by Crippen LogP contribution is -2.45. The van der Waals surface area contributed by atoms with Gasteiger partial charge in [0.05, 0.1) is 48.1 Å². The Bertz CT molecular complexity index is 1910. The van der Waals surface area contributed by atoms with Gasteiger partial charge in [-0.3, -0.25) is 14.4 Å². The molecule has 11 heteroatoms. The van der Waals surface area contributed by atoms with Crippen molar-refractivity contribution in [1.29, 1.82) is 0 Å². The summed E-state index contributed by atoms with van der Waals surface area (Å²) in [5, 5.41) is 15.6. The predicted octanol–water partition coefficient (Wildman–Crippen LogP) is 6.57. The number of aliphatic hydroxyl groups excluding tert-OH is 1. The van der Waals surface area contributed by atoms with Crippen molar-refractivity contribution < 1.29 is 23.5 Å². The number of aliphatic hydroxyl groups is 1. The van der Waals surface area contributed by atoms with E-state index in [1.807, 2.05) is 25.1 Å². The number of fused-ring (bicyclic) bond motifs is 3. The standard InChI is InChI=1S/C39H49FN4O5Si/c1-25(2)11-9-12-26(3)18-20-43-33-17-16-29(44-37(47)31-15-8-7-13-28(31)23-41-44)21-32(33)39(38(43)48)27(4)36(50(5,6)40)34(49-39)22-35(46)42-19-10-14-30(42)24-45/h7-8,11,13,15-18,21,23,27,30,34,36,45H,9-10,12,14,19-20,22,24H2,1-6H3/b26-18+/t27-,30+,34+,36-,39+/m1/s1. The van der Waals surface area contributed by atoms with Crippen molar-refractivity contribution in [2.75, 3.05) is 24.6 Å². The zero-order valence-corrected chi connectivity index (χ0v) is 31.0. The number of carbonyl (C=O) groups excluding carboxylic acids is 2. The first-order valence-electron chi connectivity index (χ1n) is 17.8. The molecule has 6 rings (SSSR count). The maximum atomic E-state index is 16.5. The summed E-state index contributed by atoms with van der Waals surface area (Å²) in [7, 11) is -3.53. The number of benzene rings is 2. The second-order valence-corrected chi connectivity index (χ2v) is 18.8. The van der Waals surface area contributed by atoms with E-state index in [9.17, 15) is 19.5 Å². The molecule has 2 fully saturated rings. The minimum Gasteiger partial charge on any atom is -0.394 e. The minimum atomic E-state index is -3.53. The number of halogens is 1. The quantitative estimate of drug-likeness (QED) is 0.146. The molecular weight excluding hydrogens is 652 g/mol. The predicted molar refractivity (Wildman–Crippen MR) is 197 cm³/mol. The van der Waals surface area contributed by atoms with Gasteiger partial charge in [0.15, 0.2) is 5.60 Å². The molecule has 3 aliphatic rings. The maximum Gasteiger partial charge on any atom is 0.279 e. The topological polar surface area (TPSA) is 105 Å². The third-order valence-corrected chi connectivity index (χ3v) is 13.3.